The van der Waals surface area contributed by atoms with Gasteiger partial charge < -0.3 is 10.2 Å². The monoisotopic (exact) mass is 429 g/mol. The first-order chi connectivity index (χ1) is 13.1. The molecule has 0 bridgehead atoms. The summed E-state index contributed by atoms with van der Waals surface area (Å²) in [6, 6.07) is 17.5. The van der Waals surface area contributed by atoms with Gasteiger partial charge in [-0.15, -0.1) is 0 Å². The van der Waals surface area contributed by atoms with Gasteiger partial charge in [0.15, 0.2) is 0 Å². The van der Waals surface area contributed by atoms with Gasteiger partial charge in [-0.05, 0) is 36.2 Å². The Morgan fingerprint density at radius 1 is 0.926 bits per heavy atom. The van der Waals surface area contributed by atoms with E-state index in [1.165, 1.54) is 5.56 Å². The van der Waals surface area contributed by atoms with E-state index in [4.69, 9.17) is 0 Å². The minimum absolute atomic E-state index is 0.0259. The molecule has 1 N–H and O–H groups in total. The van der Waals surface area contributed by atoms with Crippen LogP contribution in [0.25, 0.3) is 0 Å². The van der Waals surface area contributed by atoms with Crippen LogP contribution in [0, 0.1) is 0 Å². The molecule has 0 unspecified atom stereocenters. The second kappa shape index (κ2) is 9.67. The molecule has 2 aromatic rings. The van der Waals surface area contributed by atoms with Crippen molar-refractivity contribution in [2.45, 2.75) is 13.0 Å². The summed E-state index contributed by atoms with van der Waals surface area (Å²) in [5.74, 6) is -0.251. The second-order valence-electron chi connectivity index (χ2n) is 6.69. The third-order valence-electron chi connectivity index (χ3n) is 4.70. The molecular formula is C21H24BrN3O2. The third kappa shape index (κ3) is 5.91. The molecule has 2 amide bonds. The van der Waals surface area contributed by atoms with Crippen molar-refractivity contribution in [2.24, 2.45) is 0 Å². The Morgan fingerprint density at radius 3 is 2.41 bits per heavy atom. The number of carbonyl (C=O) groups excluding carboxylic acids is 2. The fourth-order valence-electron chi connectivity index (χ4n) is 3.19. The quantitative estimate of drug-likeness (QED) is 0.794. The van der Waals surface area contributed by atoms with Crippen LogP contribution in [0.5, 0.6) is 0 Å². The molecule has 1 aliphatic rings. The zero-order chi connectivity index (χ0) is 19.1. The summed E-state index contributed by atoms with van der Waals surface area (Å²) < 4.78 is 0.916. The van der Waals surface area contributed by atoms with Gasteiger partial charge in [0.2, 0.25) is 5.91 Å². The lowest BCUT2D eigenvalue weighted by molar-refractivity contribution is -0.130. The van der Waals surface area contributed by atoms with E-state index in [2.05, 4.69) is 50.4 Å². The maximum Gasteiger partial charge on any atom is 0.251 e. The number of benzene rings is 2. The first-order valence-corrected chi connectivity index (χ1v) is 9.99. The molecule has 5 nitrogen and oxygen atoms in total. The second-order valence-corrected chi connectivity index (χ2v) is 7.60. The van der Waals surface area contributed by atoms with Crippen molar-refractivity contribution in [3.05, 3.63) is 70.2 Å². The third-order valence-corrected chi connectivity index (χ3v) is 5.23. The average Bonchev–Trinajstić information content (AvgIpc) is 2.93. The van der Waals surface area contributed by atoms with Gasteiger partial charge >= 0.3 is 0 Å². The van der Waals surface area contributed by atoms with Gasteiger partial charge in [0, 0.05) is 42.8 Å². The normalized spacial score (nSPS) is 15.2. The van der Waals surface area contributed by atoms with Crippen LogP contribution in [-0.4, -0.2) is 54.3 Å². The molecule has 0 aromatic heterocycles. The number of amides is 2. The largest absolute Gasteiger partial charge is 0.343 e. The summed E-state index contributed by atoms with van der Waals surface area (Å²) in [4.78, 5) is 28.9. The Bertz CT molecular complexity index is 765. The highest BCUT2D eigenvalue weighted by atomic mass is 79.9. The summed E-state index contributed by atoms with van der Waals surface area (Å²) in [5, 5.41) is 2.73. The minimum Gasteiger partial charge on any atom is -0.343 e. The highest BCUT2D eigenvalue weighted by Crippen LogP contribution is 2.11. The Hall–Kier alpha value is -2.18. The topological polar surface area (TPSA) is 52.7 Å². The van der Waals surface area contributed by atoms with Gasteiger partial charge in [0.25, 0.3) is 5.91 Å². The summed E-state index contributed by atoms with van der Waals surface area (Å²) in [6.07, 6.45) is 0.944. The molecule has 0 radical (unpaired) electrons. The Kier molecular flexibility index (Phi) is 7.01. The molecule has 1 heterocycles. The van der Waals surface area contributed by atoms with Crippen molar-refractivity contribution in [2.75, 3.05) is 32.7 Å². The van der Waals surface area contributed by atoms with E-state index in [0.29, 0.717) is 12.1 Å². The Labute approximate surface area is 168 Å². The molecule has 0 saturated carbocycles. The van der Waals surface area contributed by atoms with Crippen LogP contribution >= 0.6 is 15.9 Å². The van der Waals surface area contributed by atoms with Crippen LogP contribution in [0.3, 0.4) is 0 Å². The molecule has 2 aromatic carbocycles. The van der Waals surface area contributed by atoms with Gasteiger partial charge in [-0.2, -0.15) is 0 Å². The molecule has 0 spiro atoms. The predicted molar refractivity (Wildman–Crippen MR) is 109 cm³/mol. The molecule has 1 aliphatic heterocycles. The van der Waals surface area contributed by atoms with E-state index < -0.39 is 0 Å². The highest BCUT2D eigenvalue weighted by molar-refractivity contribution is 9.10. The molecule has 142 valence electrons. The number of nitrogens with zero attached hydrogens (tertiary/aromatic N) is 2. The van der Waals surface area contributed by atoms with Crippen molar-refractivity contribution in [1.82, 2.24) is 15.1 Å². The minimum atomic E-state index is -0.226. The number of rotatable bonds is 5. The first-order valence-electron chi connectivity index (χ1n) is 9.19. The van der Waals surface area contributed by atoms with Crippen molar-refractivity contribution >= 4 is 27.7 Å². The standard InChI is InChI=1S/C21H24BrN3O2/c22-19-9-7-18(8-10-19)21(27)23-15-20(26)25-12-4-11-24(13-14-25)16-17-5-2-1-3-6-17/h1-3,5-10H,4,11-16H2,(H,23,27). The molecule has 3 rings (SSSR count). The molecule has 0 aliphatic carbocycles. The Balaban J connectivity index is 1.46. The molecule has 1 fully saturated rings. The maximum absolute atomic E-state index is 12.5. The number of halogens is 1. The van der Waals surface area contributed by atoms with Crippen LogP contribution in [0.2, 0.25) is 0 Å². The lowest BCUT2D eigenvalue weighted by Gasteiger charge is -2.22. The van der Waals surface area contributed by atoms with E-state index in [1.807, 2.05) is 23.1 Å². The van der Waals surface area contributed by atoms with Crippen molar-refractivity contribution in [3.8, 4) is 0 Å². The maximum atomic E-state index is 12.5. The van der Waals surface area contributed by atoms with Crippen LogP contribution in [0.1, 0.15) is 22.3 Å². The van der Waals surface area contributed by atoms with Crippen LogP contribution in [-0.2, 0) is 11.3 Å². The van der Waals surface area contributed by atoms with Crippen molar-refractivity contribution in [1.29, 1.82) is 0 Å². The molecular weight excluding hydrogens is 406 g/mol. The summed E-state index contributed by atoms with van der Waals surface area (Å²) in [5.41, 5.74) is 1.84. The lowest BCUT2D eigenvalue weighted by Crippen LogP contribution is -2.42. The number of hydrogen-bond donors (Lipinski definition) is 1. The predicted octanol–water partition coefficient (Wildman–Crippen LogP) is 2.91. The number of carbonyl (C=O) groups is 2. The molecule has 27 heavy (non-hydrogen) atoms. The zero-order valence-electron chi connectivity index (χ0n) is 15.2. The van der Waals surface area contributed by atoms with Crippen LogP contribution < -0.4 is 5.32 Å². The Morgan fingerprint density at radius 2 is 1.67 bits per heavy atom. The fourth-order valence-corrected chi connectivity index (χ4v) is 3.46. The van der Waals surface area contributed by atoms with Crippen molar-refractivity contribution in [3.63, 3.8) is 0 Å². The van der Waals surface area contributed by atoms with E-state index in [9.17, 15) is 9.59 Å². The smallest absolute Gasteiger partial charge is 0.251 e. The molecule has 1 saturated heterocycles. The fraction of sp³-hybridized carbons (Fsp3) is 0.333. The van der Waals surface area contributed by atoms with Crippen LogP contribution in [0.4, 0.5) is 0 Å². The van der Waals surface area contributed by atoms with E-state index in [1.54, 1.807) is 12.1 Å². The average molecular weight is 430 g/mol. The highest BCUT2D eigenvalue weighted by Gasteiger charge is 2.19. The first kappa shape index (κ1) is 19.6. The van der Waals surface area contributed by atoms with Gasteiger partial charge in [-0.1, -0.05) is 46.3 Å². The van der Waals surface area contributed by atoms with Gasteiger partial charge in [0.1, 0.15) is 0 Å². The lowest BCUT2D eigenvalue weighted by atomic mass is 10.2. The number of hydrogen-bond acceptors (Lipinski definition) is 3. The van der Waals surface area contributed by atoms with E-state index in [0.717, 1.165) is 37.1 Å². The zero-order valence-corrected chi connectivity index (χ0v) is 16.8. The van der Waals surface area contributed by atoms with Crippen molar-refractivity contribution < 1.29 is 9.59 Å². The summed E-state index contributed by atoms with van der Waals surface area (Å²) >= 11 is 3.35. The van der Waals surface area contributed by atoms with Gasteiger partial charge in [0.05, 0.1) is 6.54 Å². The van der Waals surface area contributed by atoms with Gasteiger partial charge in [-0.25, -0.2) is 0 Å². The van der Waals surface area contributed by atoms with Gasteiger partial charge in [-0.3, -0.25) is 14.5 Å². The van der Waals surface area contributed by atoms with Crippen LogP contribution in [0.15, 0.2) is 59.1 Å². The number of nitrogens with one attached hydrogen (secondary N) is 1. The SMILES string of the molecule is O=C(NCC(=O)N1CCCN(Cc2ccccc2)CC1)c1ccc(Br)cc1. The molecule has 6 heteroatoms. The summed E-state index contributed by atoms with van der Waals surface area (Å²) in [7, 11) is 0. The summed E-state index contributed by atoms with van der Waals surface area (Å²) in [6.45, 7) is 4.19. The van der Waals surface area contributed by atoms with E-state index in [-0.39, 0.29) is 18.4 Å². The van der Waals surface area contributed by atoms with E-state index >= 15 is 0 Å². The molecule has 0 atom stereocenters.